The first kappa shape index (κ1) is 55.3. The van der Waals surface area contributed by atoms with Crippen molar-refractivity contribution < 1.29 is 37.9 Å². The molecule has 0 fully saturated rings. The second kappa shape index (κ2) is 25.1. The monoisotopic (exact) mass is 1140 g/mol. The molecule has 8 aromatic rings. The summed E-state index contributed by atoms with van der Waals surface area (Å²) in [6.07, 6.45) is 41.4. The van der Waals surface area contributed by atoms with Crippen LogP contribution in [0.4, 0.5) is 0 Å². The molecule has 0 amide bonds. The first-order chi connectivity index (χ1) is 41.5. The molecule has 8 bridgehead atoms. The van der Waals surface area contributed by atoms with E-state index < -0.39 is 0 Å². The number of ether oxygens (including phenoxy) is 8. The van der Waals surface area contributed by atoms with Gasteiger partial charge in [-0.2, -0.15) is 0 Å². The summed E-state index contributed by atoms with van der Waals surface area (Å²) in [6, 6.07) is 0. The van der Waals surface area contributed by atoms with Crippen LogP contribution in [0.2, 0.25) is 0 Å². The smallest absolute Gasteiger partial charge is 0.230 e. The minimum absolute atomic E-state index is 0.0243. The molecule has 0 spiro atoms. The lowest BCUT2D eigenvalue weighted by molar-refractivity contribution is 0.0956. The minimum atomic E-state index is -0.0243. The van der Waals surface area contributed by atoms with Crippen molar-refractivity contribution in [2.24, 2.45) is 0 Å². The number of unbranched alkanes of at least 4 members (excludes halogenated alkanes) is 8. The predicted octanol–water partition coefficient (Wildman–Crippen LogP) is 13.2. The molecule has 16 heteroatoms. The summed E-state index contributed by atoms with van der Waals surface area (Å²) in [5.41, 5.74) is 18.5. The van der Waals surface area contributed by atoms with E-state index in [2.05, 4.69) is 65.9 Å². The Balaban J connectivity index is 1.20. The van der Waals surface area contributed by atoms with Crippen LogP contribution in [0.15, 0.2) is 74.9 Å². The average Bonchev–Trinajstić information content (AvgIpc) is 1.02. The molecule has 1 aliphatic carbocycles. The van der Waals surface area contributed by atoms with Gasteiger partial charge in [0.25, 0.3) is 0 Å². The number of hydrogen-bond acceptors (Lipinski definition) is 12. The third-order valence-electron chi connectivity index (χ3n) is 18.1. The van der Waals surface area contributed by atoms with Crippen molar-refractivity contribution in [3.63, 3.8) is 0 Å². The van der Waals surface area contributed by atoms with Gasteiger partial charge in [0.15, 0.2) is 0 Å². The molecule has 84 heavy (non-hydrogen) atoms. The summed E-state index contributed by atoms with van der Waals surface area (Å²) in [4.78, 5) is 18.2. The van der Waals surface area contributed by atoms with Gasteiger partial charge in [0.05, 0.1) is 73.7 Å². The highest BCUT2D eigenvalue weighted by Crippen LogP contribution is 2.54. The van der Waals surface area contributed by atoms with Crippen molar-refractivity contribution in [1.29, 1.82) is 0 Å². The van der Waals surface area contributed by atoms with Crippen LogP contribution in [-0.2, 0) is 77.5 Å². The Morgan fingerprint density at radius 1 is 0.286 bits per heavy atom. The summed E-state index contributed by atoms with van der Waals surface area (Å²) in [6.45, 7) is 11.0. The molecule has 0 N–H and O–H groups in total. The van der Waals surface area contributed by atoms with Crippen LogP contribution in [0, 0.1) is 0 Å². The van der Waals surface area contributed by atoms with Crippen LogP contribution in [0.25, 0.3) is 0 Å². The molecule has 13 rings (SSSR count). The van der Waals surface area contributed by atoms with Crippen LogP contribution in [0.1, 0.15) is 194 Å². The Morgan fingerprint density at radius 3 is 0.655 bits per heavy atom. The second-order valence-corrected chi connectivity index (χ2v) is 23.4. The van der Waals surface area contributed by atoms with E-state index in [1.54, 1.807) is 0 Å². The van der Waals surface area contributed by atoms with Crippen LogP contribution < -0.4 is 37.9 Å². The van der Waals surface area contributed by atoms with Crippen molar-refractivity contribution in [1.82, 2.24) is 38.2 Å². The topological polar surface area (TPSA) is 145 Å². The average molecular weight is 1140 g/mol. The maximum atomic E-state index is 7.24. The van der Waals surface area contributed by atoms with Gasteiger partial charge < -0.3 is 56.2 Å². The number of rotatable bonds is 24. The Kier molecular flexibility index (Phi) is 16.6. The molecule has 0 atom stereocenters. The molecule has 4 aliphatic heterocycles. The molecule has 0 saturated carbocycles. The van der Waals surface area contributed by atoms with E-state index in [1.165, 1.54) is 66.8 Å². The highest BCUT2D eigenvalue weighted by Gasteiger charge is 2.39. The number of imidazole rings is 4. The fourth-order valence-corrected chi connectivity index (χ4v) is 14.1. The van der Waals surface area contributed by atoms with Crippen LogP contribution in [-0.4, -0.2) is 65.4 Å². The summed E-state index contributed by atoms with van der Waals surface area (Å²) < 4.78 is 66.4. The lowest BCUT2D eigenvalue weighted by Crippen LogP contribution is -2.26. The van der Waals surface area contributed by atoms with Crippen molar-refractivity contribution in [2.75, 3.05) is 27.2 Å². The quantitative estimate of drug-likeness (QED) is 0.0531. The van der Waals surface area contributed by atoms with Crippen molar-refractivity contribution >= 4 is 0 Å². The van der Waals surface area contributed by atoms with Gasteiger partial charge in [-0.3, -0.25) is 0 Å². The van der Waals surface area contributed by atoms with E-state index in [1.807, 2.05) is 74.9 Å². The highest BCUT2D eigenvalue weighted by molar-refractivity contribution is 5.72. The number of nitrogens with zero attached hydrogens (tertiary/aromatic N) is 8. The van der Waals surface area contributed by atoms with Crippen LogP contribution in [0.3, 0.4) is 0 Å². The van der Waals surface area contributed by atoms with E-state index in [4.69, 9.17) is 37.9 Å². The fourth-order valence-electron chi connectivity index (χ4n) is 14.1. The van der Waals surface area contributed by atoms with Gasteiger partial charge in [-0.25, -0.2) is 19.9 Å². The Bertz CT molecular complexity index is 2990. The lowest BCUT2D eigenvalue weighted by atomic mass is 9.78. The standard InChI is InChI=1S/C68H80N8O8/c1-5-9-13-17-45-49-29-51-46(18-14-10-6-2)53-31-55-48(20-16-12-8-4)56-32-54-47(19-15-11-7-3)52-30-50(45)62-57(33-73-25-21-69-37-73)61(49)77-41-79-63(51)58(34-74-26-22-70-38-74)65(53)81-43-83-67(55)60(36-76-28-24-72-40-76)68(56)84-44-82-66(54)59(64(52)80-42-78-62)35-75-27-23-71-39-75/h21-28,37-40H,5-20,29-36,41-44H2,1-4H3. The van der Waals surface area contributed by atoms with E-state index in [0.29, 0.717) is 51.9 Å². The molecule has 16 nitrogen and oxygen atoms in total. The molecule has 4 aromatic heterocycles. The van der Waals surface area contributed by atoms with E-state index >= 15 is 0 Å². The van der Waals surface area contributed by atoms with Gasteiger partial charge in [0.1, 0.15) is 46.0 Å². The van der Waals surface area contributed by atoms with Gasteiger partial charge in [0, 0.05) is 120 Å². The van der Waals surface area contributed by atoms with Gasteiger partial charge in [0.2, 0.25) is 27.2 Å². The molecule has 0 radical (unpaired) electrons. The predicted molar refractivity (Wildman–Crippen MR) is 320 cm³/mol. The number of aromatic nitrogens is 8. The third kappa shape index (κ3) is 10.7. The molecule has 0 unspecified atom stereocenters. The normalized spacial score (nSPS) is 14.3. The van der Waals surface area contributed by atoms with Gasteiger partial charge in [-0.05, 0) is 73.6 Å². The highest BCUT2D eigenvalue weighted by atomic mass is 16.7. The maximum Gasteiger partial charge on any atom is 0.230 e. The van der Waals surface area contributed by atoms with E-state index in [9.17, 15) is 0 Å². The van der Waals surface area contributed by atoms with Gasteiger partial charge >= 0.3 is 0 Å². The summed E-state index contributed by atoms with van der Waals surface area (Å²) in [5.74, 6) is 6.51. The summed E-state index contributed by atoms with van der Waals surface area (Å²) in [7, 11) is 0. The fraction of sp³-hybridized carbons (Fsp3) is 0.471. The minimum Gasteiger partial charge on any atom is -0.457 e. The second-order valence-electron chi connectivity index (χ2n) is 23.4. The molecular formula is C68H80N8O8. The first-order valence-corrected chi connectivity index (χ1v) is 31.2. The maximum absolute atomic E-state index is 7.24. The first-order valence-electron chi connectivity index (χ1n) is 31.2. The van der Waals surface area contributed by atoms with E-state index in [-0.39, 0.29) is 27.2 Å². The Morgan fingerprint density at radius 2 is 0.488 bits per heavy atom. The number of hydrogen-bond donors (Lipinski definition) is 0. The largest absolute Gasteiger partial charge is 0.457 e. The van der Waals surface area contributed by atoms with Crippen LogP contribution >= 0.6 is 0 Å². The molecule has 440 valence electrons. The van der Waals surface area contributed by atoms with Crippen LogP contribution in [0.5, 0.6) is 46.0 Å². The molecular weight excluding hydrogens is 1060 g/mol. The van der Waals surface area contributed by atoms with Crippen molar-refractivity contribution in [3.8, 4) is 46.0 Å². The zero-order valence-corrected chi connectivity index (χ0v) is 49.6. The zero-order chi connectivity index (χ0) is 56.9. The zero-order valence-electron chi connectivity index (χ0n) is 49.6. The Hall–Kier alpha value is -7.88. The Labute approximate surface area is 493 Å². The summed E-state index contributed by atoms with van der Waals surface area (Å²) >= 11 is 0. The summed E-state index contributed by atoms with van der Waals surface area (Å²) in [5, 5.41) is 0. The third-order valence-corrected chi connectivity index (χ3v) is 18.1. The van der Waals surface area contributed by atoms with Gasteiger partial charge in [-0.15, -0.1) is 0 Å². The molecule has 8 heterocycles. The SMILES string of the molecule is CCCCCc1c2c3c(Cn4ccnc4)c4c1Cc1c(CCCCC)c5c(c(Cn6ccnc6)c1OCO4)OCOc1c(c(CCCCC)c4c(c1Cn1ccnc1)OCOc1c(c(CCCCC)c(c(c1Cn1ccnc1)OCO3)C2)C4)C5. The molecule has 4 aromatic carbocycles. The number of benzene rings is 4. The van der Waals surface area contributed by atoms with E-state index in [0.717, 1.165) is 171 Å². The lowest BCUT2D eigenvalue weighted by Gasteiger charge is -2.36. The van der Waals surface area contributed by atoms with Crippen molar-refractivity contribution in [3.05, 3.63) is 164 Å². The molecule has 5 aliphatic rings. The molecule has 0 saturated heterocycles. The van der Waals surface area contributed by atoms with Crippen molar-refractivity contribution in [2.45, 2.75) is 182 Å². The van der Waals surface area contributed by atoms with Gasteiger partial charge in [-0.1, -0.05) is 79.1 Å².